The van der Waals surface area contributed by atoms with Gasteiger partial charge in [0.05, 0.1) is 16.1 Å². The average molecular weight is 442 g/mol. The van der Waals surface area contributed by atoms with Crippen LogP contribution in [0.1, 0.15) is 20.7 Å². The molecule has 0 radical (unpaired) electrons. The Morgan fingerprint density at radius 1 is 1.00 bits per heavy atom. The Balaban J connectivity index is 1.96. The van der Waals surface area contributed by atoms with E-state index >= 15 is 0 Å². The van der Waals surface area contributed by atoms with Gasteiger partial charge in [-0.2, -0.15) is 0 Å². The summed E-state index contributed by atoms with van der Waals surface area (Å²) in [6.45, 7) is 0. The van der Waals surface area contributed by atoms with E-state index in [1.165, 1.54) is 31.3 Å². The first-order chi connectivity index (χ1) is 14.8. The molecule has 31 heavy (non-hydrogen) atoms. The number of hydrogen-bond acceptors (Lipinski definition) is 3. The number of carbonyl (C=O) groups is 2. The molecule has 0 bridgehead atoms. The highest BCUT2D eigenvalue weighted by molar-refractivity contribution is 6.33. The highest BCUT2D eigenvalue weighted by Gasteiger charge is 2.23. The van der Waals surface area contributed by atoms with Gasteiger partial charge in [-0.15, -0.1) is 0 Å². The number of carboxylic acids is 1. The van der Waals surface area contributed by atoms with E-state index in [9.17, 15) is 23.5 Å². The third kappa shape index (κ3) is 3.64. The van der Waals surface area contributed by atoms with Gasteiger partial charge in [-0.05, 0) is 54.1 Å². The largest absolute Gasteiger partial charge is 0.478 e. The number of amides is 1. The van der Waals surface area contributed by atoms with Gasteiger partial charge in [0.1, 0.15) is 23.0 Å². The van der Waals surface area contributed by atoms with Crippen molar-refractivity contribution < 1.29 is 27.9 Å². The molecule has 156 valence electrons. The van der Waals surface area contributed by atoms with Crippen molar-refractivity contribution in [2.75, 3.05) is 7.05 Å². The molecule has 0 unspecified atom stereocenters. The molecule has 4 aromatic rings. The predicted octanol–water partition coefficient (Wildman–Crippen LogP) is 5.76. The van der Waals surface area contributed by atoms with Gasteiger partial charge in [0, 0.05) is 23.6 Å². The molecule has 8 heteroatoms. The monoisotopic (exact) mass is 441 g/mol. The first-order valence-electron chi connectivity index (χ1n) is 9.07. The van der Waals surface area contributed by atoms with Crippen LogP contribution in [0.3, 0.4) is 0 Å². The zero-order valence-corrected chi connectivity index (χ0v) is 16.8. The fourth-order valence-electron chi connectivity index (χ4n) is 3.35. The molecular weight excluding hydrogens is 428 g/mol. The van der Waals surface area contributed by atoms with Crippen molar-refractivity contribution in [3.63, 3.8) is 0 Å². The van der Waals surface area contributed by atoms with E-state index in [-0.39, 0.29) is 21.9 Å². The Morgan fingerprint density at radius 2 is 1.68 bits per heavy atom. The minimum atomic E-state index is -1.43. The molecule has 3 aromatic carbocycles. The molecule has 1 aromatic heterocycles. The molecule has 1 amide bonds. The Kier molecular flexibility index (Phi) is 5.20. The minimum absolute atomic E-state index is 0.0191. The van der Waals surface area contributed by atoms with Gasteiger partial charge < -0.3 is 14.8 Å². The zero-order chi connectivity index (χ0) is 22.3. The summed E-state index contributed by atoms with van der Waals surface area (Å²) in [6, 6.07) is 12.4. The van der Waals surface area contributed by atoms with E-state index in [0.717, 1.165) is 12.1 Å². The molecule has 5 nitrogen and oxygen atoms in total. The topological polar surface area (TPSA) is 79.5 Å². The first-order valence-corrected chi connectivity index (χ1v) is 9.45. The predicted molar refractivity (Wildman–Crippen MR) is 112 cm³/mol. The number of carbonyl (C=O) groups excluding carboxylic acids is 1. The Bertz CT molecular complexity index is 1350. The third-order valence-electron chi connectivity index (χ3n) is 4.85. The van der Waals surface area contributed by atoms with Crippen molar-refractivity contribution in [3.8, 4) is 22.5 Å². The van der Waals surface area contributed by atoms with E-state index in [0.29, 0.717) is 22.1 Å². The summed E-state index contributed by atoms with van der Waals surface area (Å²) in [5.74, 6) is -2.97. The lowest BCUT2D eigenvalue weighted by atomic mass is 9.98. The van der Waals surface area contributed by atoms with Gasteiger partial charge in [-0.25, -0.2) is 13.6 Å². The third-order valence-corrected chi connectivity index (χ3v) is 5.16. The Morgan fingerprint density at radius 3 is 2.32 bits per heavy atom. The number of hydrogen-bond donors (Lipinski definition) is 2. The maximum atomic E-state index is 13.9. The van der Waals surface area contributed by atoms with Crippen molar-refractivity contribution in [1.29, 1.82) is 0 Å². The second-order valence-electron chi connectivity index (χ2n) is 6.72. The molecule has 4 rings (SSSR count). The summed E-state index contributed by atoms with van der Waals surface area (Å²) in [4.78, 5) is 24.0. The number of aromatic carboxylic acids is 1. The van der Waals surface area contributed by atoms with Crippen molar-refractivity contribution in [1.82, 2.24) is 5.32 Å². The Labute approximate surface area is 179 Å². The molecule has 0 aliphatic rings. The number of carboxylic acid groups (broad SMARTS) is 1. The first kappa shape index (κ1) is 20.6. The highest BCUT2D eigenvalue weighted by Crippen LogP contribution is 2.38. The summed E-state index contributed by atoms with van der Waals surface area (Å²) < 4.78 is 33.1. The van der Waals surface area contributed by atoms with Gasteiger partial charge in [0.25, 0.3) is 5.91 Å². The number of fused-ring (bicyclic) bond motifs is 1. The van der Waals surface area contributed by atoms with Crippen LogP contribution < -0.4 is 5.32 Å². The second-order valence-corrected chi connectivity index (χ2v) is 7.13. The smallest absolute Gasteiger partial charge is 0.338 e. The van der Waals surface area contributed by atoms with Crippen LogP contribution in [0, 0.1) is 11.6 Å². The van der Waals surface area contributed by atoms with Crippen molar-refractivity contribution in [2.24, 2.45) is 0 Å². The van der Waals surface area contributed by atoms with Gasteiger partial charge in [-0.1, -0.05) is 17.7 Å². The van der Waals surface area contributed by atoms with Crippen LogP contribution in [-0.4, -0.2) is 24.0 Å². The molecular formula is C23H14ClF2NO4. The van der Waals surface area contributed by atoms with Gasteiger partial charge >= 0.3 is 5.97 Å². The zero-order valence-electron chi connectivity index (χ0n) is 16.0. The molecule has 0 fully saturated rings. The average Bonchev–Trinajstić information content (AvgIpc) is 3.12. The number of nitrogens with one attached hydrogen (secondary N) is 1. The van der Waals surface area contributed by atoms with Crippen LogP contribution in [0.4, 0.5) is 8.78 Å². The van der Waals surface area contributed by atoms with Crippen LogP contribution >= 0.6 is 11.6 Å². The molecule has 0 saturated carbocycles. The van der Waals surface area contributed by atoms with E-state index in [2.05, 4.69) is 5.32 Å². The van der Waals surface area contributed by atoms with Crippen molar-refractivity contribution in [3.05, 3.63) is 82.4 Å². The van der Waals surface area contributed by atoms with Gasteiger partial charge in [0.2, 0.25) is 0 Å². The molecule has 0 atom stereocenters. The number of benzene rings is 3. The summed E-state index contributed by atoms with van der Waals surface area (Å²) in [7, 11) is 1.47. The minimum Gasteiger partial charge on any atom is -0.478 e. The SMILES string of the molecule is CNC(=O)c1c(-c2ccc(F)cc2)oc2ccc(-c3cc(C(=O)O)c(F)cc3Cl)cc12. The van der Waals surface area contributed by atoms with E-state index in [1.807, 2.05) is 0 Å². The lowest BCUT2D eigenvalue weighted by Gasteiger charge is -2.08. The lowest BCUT2D eigenvalue weighted by Crippen LogP contribution is -2.18. The molecule has 1 heterocycles. The number of furan rings is 1. The van der Waals surface area contributed by atoms with Gasteiger partial charge in [0.15, 0.2) is 0 Å². The van der Waals surface area contributed by atoms with E-state index < -0.39 is 29.1 Å². The fourth-order valence-corrected chi connectivity index (χ4v) is 3.61. The normalized spacial score (nSPS) is 11.0. The van der Waals surface area contributed by atoms with Crippen molar-refractivity contribution >= 4 is 34.4 Å². The number of rotatable bonds is 4. The second kappa shape index (κ2) is 7.85. The quantitative estimate of drug-likeness (QED) is 0.422. The molecule has 2 N–H and O–H groups in total. The fraction of sp³-hybridized carbons (Fsp3) is 0.0435. The van der Waals surface area contributed by atoms with Crippen LogP contribution in [0.25, 0.3) is 33.4 Å². The molecule has 0 spiro atoms. The highest BCUT2D eigenvalue weighted by atomic mass is 35.5. The molecule has 0 aliphatic heterocycles. The Hall–Kier alpha value is -3.71. The maximum Gasteiger partial charge on any atom is 0.338 e. The van der Waals surface area contributed by atoms with Crippen molar-refractivity contribution in [2.45, 2.75) is 0 Å². The van der Waals surface area contributed by atoms with Crippen LogP contribution in [0.2, 0.25) is 5.02 Å². The molecule has 0 aliphatic carbocycles. The number of halogens is 3. The van der Waals surface area contributed by atoms with Crippen LogP contribution in [-0.2, 0) is 0 Å². The summed E-state index contributed by atoms with van der Waals surface area (Å²) >= 11 is 6.17. The van der Waals surface area contributed by atoms with E-state index in [1.54, 1.807) is 18.2 Å². The van der Waals surface area contributed by atoms with Crippen LogP contribution in [0.5, 0.6) is 0 Å². The van der Waals surface area contributed by atoms with Gasteiger partial charge in [-0.3, -0.25) is 4.79 Å². The summed E-state index contributed by atoms with van der Waals surface area (Å²) in [5, 5.41) is 12.2. The molecule has 0 saturated heterocycles. The van der Waals surface area contributed by atoms with E-state index in [4.69, 9.17) is 16.0 Å². The standard InChI is InChI=1S/C23H14ClF2NO4/c1-27-22(28)20-16-8-12(14-9-15(23(29)30)18(26)10-17(14)24)4-7-19(16)31-21(20)11-2-5-13(25)6-3-11/h2-10H,1H3,(H,27,28)(H,29,30). The maximum absolute atomic E-state index is 13.9. The summed E-state index contributed by atoms with van der Waals surface area (Å²) in [6.07, 6.45) is 0. The summed E-state index contributed by atoms with van der Waals surface area (Å²) in [5.41, 5.74) is 1.35. The van der Waals surface area contributed by atoms with Crippen LogP contribution in [0.15, 0.2) is 59.0 Å². The lowest BCUT2D eigenvalue weighted by molar-refractivity contribution is 0.0691.